The van der Waals surface area contributed by atoms with Gasteiger partial charge < -0.3 is 9.32 Å². The van der Waals surface area contributed by atoms with Crippen LogP contribution in [0.25, 0.3) is 75.5 Å². The first-order valence-electron chi connectivity index (χ1n) is 23.6. The van der Waals surface area contributed by atoms with E-state index in [4.69, 9.17) is 4.42 Å². The Kier molecular flexibility index (Phi) is 7.44. The van der Waals surface area contributed by atoms with Gasteiger partial charge in [-0.05, 0) is 98.6 Å². The quantitative estimate of drug-likeness (QED) is 0.159. The Morgan fingerprint density at radius 1 is 0.406 bits per heavy atom. The summed E-state index contributed by atoms with van der Waals surface area (Å²) in [5.74, 6) is 0. The van der Waals surface area contributed by atoms with Crippen LogP contribution >= 0.6 is 11.3 Å². The minimum absolute atomic E-state index is 0.150. The zero-order chi connectivity index (χ0) is 45.7. The van der Waals surface area contributed by atoms with Gasteiger partial charge in [0.1, 0.15) is 11.2 Å². The van der Waals surface area contributed by atoms with Crippen molar-refractivity contribution in [3.63, 3.8) is 0 Å². The van der Waals surface area contributed by atoms with Gasteiger partial charge in [-0.15, -0.1) is 11.3 Å². The van der Waals surface area contributed by atoms with Crippen molar-refractivity contribution in [1.29, 1.82) is 0 Å². The first-order valence-corrected chi connectivity index (χ1v) is 22.4. The standard InChI is InChI=1S/C61H39NOS/c1-3-15-42(16-4-1)61(43-17-5-2-6-18-43)55-26-10-7-19-49(55)50-38-37-46(39-56(50)61)62(44-33-29-40(30-34-44)47-22-13-24-53-51-20-8-11-27-57(51)63-59(47)53)45-35-31-41(32-36-45)48-23-14-25-54-52-21-9-12-28-58(52)64-60(48)54/h1-39H/i29D,30D,33D,34D. The van der Waals surface area contributed by atoms with Crippen LogP contribution in [0.5, 0.6) is 0 Å². The maximum Gasteiger partial charge on any atom is 0.143 e. The normalized spacial score (nSPS) is 13.7. The lowest BCUT2D eigenvalue weighted by Crippen LogP contribution is -2.28. The summed E-state index contributed by atoms with van der Waals surface area (Å²) in [5, 5.41) is 4.23. The number of rotatable bonds is 7. The van der Waals surface area contributed by atoms with E-state index in [1.54, 1.807) is 11.3 Å². The van der Waals surface area contributed by atoms with Gasteiger partial charge in [0.2, 0.25) is 0 Å². The molecular formula is C61H39NOS. The molecule has 0 radical (unpaired) electrons. The van der Waals surface area contributed by atoms with Gasteiger partial charge in [-0.25, -0.2) is 0 Å². The highest BCUT2D eigenvalue weighted by atomic mass is 32.1. The zero-order valence-electron chi connectivity index (χ0n) is 38.5. The number of fused-ring (bicyclic) bond motifs is 9. The molecule has 1 aliphatic rings. The number of benzene rings is 10. The Morgan fingerprint density at radius 2 is 1.00 bits per heavy atom. The van der Waals surface area contributed by atoms with Crippen LogP contribution in [-0.4, -0.2) is 0 Å². The fourth-order valence-electron chi connectivity index (χ4n) is 10.2. The van der Waals surface area contributed by atoms with E-state index in [2.05, 4.69) is 146 Å². The topological polar surface area (TPSA) is 16.4 Å². The van der Waals surface area contributed by atoms with Gasteiger partial charge in [-0.1, -0.05) is 188 Å². The molecule has 1 aliphatic carbocycles. The maximum absolute atomic E-state index is 9.93. The average Bonchev–Trinajstić information content (AvgIpc) is 4.07. The Hall–Kier alpha value is -7.98. The first-order chi connectivity index (χ1) is 33.4. The van der Waals surface area contributed by atoms with Crippen LogP contribution in [0.3, 0.4) is 0 Å². The van der Waals surface area contributed by atoms with Gasteiger partial charge in [0, 0.05) is 53.6 Å². The summed E-state index contributed by atoms with van der Waals surface area (Å²) in [5.41, 5.74) is 11.7. The predicted molar refractivity (Wildman–Crippen MR) is 269 cm³/mol. The predicted octanol–water partition coefficient (Wildman–Crippen LogP) is 17.1. The summed E-state index contributed by atoms with van der Waals surface area (Å²) < 4.78 is 48.2. The largest absolute Gasteiger partial charge is 0.455 e. The molecule has 3 heteroatoms. The molecule has 2 heterocycles. The smallest absolute Gasteiger partial charge is 0.143 e. The molecule has 0 aliphatic heterocycles. The third kappa shape index (κ3) is 5.51. The second-order valence-corrected chi connectivity index (χ2v) is 17.5. The Labute approximate surface area is 381 Å². The Balaban J connectivity index is 1.05. The van der Waals surface area contributed by atoms with Crippen molar-refractivity contribution in [1.82, 2.24) is 0 Å². The summed E-state index contributed by atoms with van der Waals surface area (Å²) in [7, 11) is 0. The minimum Gasteiger partial charge on any atom is -0.455 e. The van der Waals surface area contributed by atoms with Crippen molar-refractivity contribution in [2.24, 2.45) is 0 Å². The third-order valence-electron chi connectivity index (χ3n) is 13.1. The molecule has 13 rings (SSSR count). The molecule has 0 saturated heterocycles. The van der Waals surface area contributed by atoms with E-state index in [-0.39, 0.29) is 35.4 Å². The lowest BCUT2D eigenvalue weighted by atomic mass is 9.67. The van der Waals surface area contributed by atoms with Gasteiger partial charge >= 0.3 is 0 Å². The van der Waals surface area contributed by atoms with Gasteiger partial charge in [0.05, 0.1) is 10.9 Å². The molecule has 0 amide bonds. The molecule has 0 saturated carbocycles. The number of nitrogens with zero attached hydrogens (tertiary/aromatic N) is 1. The molecule has 0 spiro atoms. The Morgan fingerprint density at radius 3 is 1.78 bits per heavy atom. The molecule has 12 aromatic rings. The van der Waals surface area contributed by atoms with Crippen LogP contribution < -0.4 is 4.90 Å². The highest BCUT2D eigenvalue weighted by Gasteiger charge is 2.46. The number of thiophene rings is 1. The average molecular weight is 838 g/mol. The van der Waals surface area contributed by atoms with Crippen LogP contribution in [-0.2, 0) is 5.41 Å². The van der Waals surface area contributed by atoms with Crippen molar-refractivity contribution >= 4 is 70.5 Å². The van der Waals surface area contributed by atoms with E-state index in [0.29, 0.717) is 28.1 Å². The lowest BCUT2D eigenvalue weighted by molar-refractivity contribution is 0.670. The molecule has 0 fully saturated rings. The molecule has 2 nitrogen and oxygen atoms in total. The SMILES string of the molecule is [2H]c1c([2H])c(N(c2ccc(-c3cccc4c3sc3ccccc34)cc2)c2ccc3c(c2)C(c2ccccc2)(c2ccccc2)c2ccccc2-3)c([2H])c([2H])c1-c1cccc2c1oc1ccccc12. The second kappa shape index (κ2) is 14.6. The van der Waals surface area contributed by atoms with Crippen molar-refractivity contribution in [2.45, 2.75) is 5.41 Å². The summed E-state index contributed by atoms with van der Waals surface area (Å²) >= 11 is 1.79. The summed E-state index contributed by atoms with van der Waals surface area (Å²) in [6.45, 7) is 0. The van der Waals surface area contributed by atoms with Crippen molar-refractivity contribution in [3.8, 4) is 33.4 Å². The lowest BCUT2D eigenvalue weighted by Gasteiger charge is -2.35. The zero-order valence-corrected chi connectivity index (χ0v) is 35.3. The monoisotopic (exact) mass is 837 g/mol. The summed E-state index contributed by atoms with van der Waals surface area (Å²) in [4.78, 5) is 1.92. The van der Waals surface area contributed by atoms with Crippen molar-refractivity contribution in [2.75, 3.05) is 4.90 Å². The maximum atomic E-state index is 9.93. The fraction of sp³-hybridized carbons (Fsp3) is 0.0164. The van der Waals surface area contributed by atoms with E-state index < -0.39 is 5.41 Å². The van der Waals surface area contributed by atoms with Crippen molar-refractivity contribution in [3.05, 3.63) is 259 Å². The van der Waals surface area contributed by atoms with Crippen LogP contribution in [0, 0.1) is 0 Å². The molecular weight excluding hydrogens is 795 g/mol. The molecule has 0 N–H and O–H groups in total. The van der Waals surface area contributed by atoms with E-state index >= 15 is 0 Å². The molecule has 0 unspecified atom stereocenters. The molecule has 64 heavy (non-hydrogen) atoms. The number of para-hydroxylation sites is 2. The van der Waals surface area contributed by atoms with E-state index in [0.717, 1.165) is 49.7 Å². The highest BCUT2D eigenvalue weighted by molar-refractivity contribution is 7.26. The molecule has 0 bridgehead atoms. The van der Waals surface area contributed by atoms with Crippen LogP contribution in [0.4, 0.5) is 17.1 Å². The fourth-order valence-corrected chi connectivity index (χ4v) is 11.5. The molecule has 2 aromatic heterocycles. The van der Waals surface area contributed by atoms with Crippen LogP contribution in [0.2, 0.25) is 0 Å². The number of anilines is 3. The Bertz CT molecular complexity index is 3900. The molecule has 0 atom stereocenters. The first kappa shape index (κ1) is 32.7. The van der Waals surface area contributed by atoms with Gasteiger partial charge in [-0.3, -0.25) is 0 Å². The number of furan rings is 1. The van der Waals surface area contributed by atoms with Gasteiger partial charge in [-0.2, -0.15) is 0 Å². The van der Waals surface area contributed by atoms with Crippen LogP contribution in [0.1, 0.15) is 27.7 Å². The summed E-state index contributed by atoms with van der Waals surface area (Å²) in [6.07, 6.45) is 0. The minimum atomic E-state index is -0.702. The van der Waals surface area contributed by atoms with E-state index in [9.17, 15) is 5.48 Å². The van der Waals surface area contributed by atoms with Crippen LogP contribution in [0.15, 0.2) is 241 Å². The number of hydrogen-bond acceptors (Lipinski definition) is 3. The summed E-state index contributed by atoms with van der Waals surface area (Å²) in [6, 6.07) is 72.4. The van der Waals surface area contributed by atoms with Gasteiger partial charge in [0.15, 0.2) is 0 Å². The van der Waals surface area contributed by atoms with E-state index in [1.807, 2.05) is 71.6 Å². The molecule has 10 aromatic carbocycles. The van der Waals surface area contributed by atoms with Gasteiger partial charge in [0.25, 0.3) is 0 Å². The molecule has 300 valence electrons. The third-order valence-corrected chi connectivity index (χ3v) is 14.3. The number of hydrogen-bond donors (Lipinski definition) is 0. The van der Waals surface area contributed by atoms with Crippen molar-refractivity contribution < 1.29 is 9.90 Å². The second-order valence-electron chi connectivity index (χ2n) is 16.4. The van der Waals surface area contributed by atoms with E-state index in [1.165, 1.54) is 25.7 Å². The highest BCUT2D eigenvalue weighted by Crippen LogP contribution is 2.57.